The molecule has 1 rings (SSSR count). The molecular formula is C14H22N4O4. The summed E-state index contributed by atoms with van der Waals surface area (Å²) in [7, 11) is 3.51. The number of hydrogen-bond acceptors (Lipinski definition) is 5. The van der Waals surface area contributed by atoms with Crippen LogP contribution in [0, 0.1) is 10.1 Å². The Morgan fingerprint density at radius 1 is 1.14 bits per heavy atom. The van der Waals surface area contributed by atoms with Gasteiger partial charge in [0.05, 0.1) is 4.92 Å². The predicted molar refractivity (Wildman–Crippen MR) is 84.9 cm³/mol. The van der Waals surface area contributed by atoms with E-state index in [2.05, 4.69) is 0 Å². The molecule has 1 heterocycles. The molecule has 0 N–H and O–H groups in total. The molecule has 0 unspecified atom stereocenters. The Labute approximate surface area is 128 Å². The third-order valence-corrected chi connectivity index (χ3v) is 3.05. The molecule has 0 bridgehead atoms. The number of nitrogens with zero attached hydrogens (tertiary/aromatic N) is 4. The Morgan fingerprint density at radius 3 is 2.14 bits per heavy atom. The molecule has 0 saturated carbocycles. The molecule has 0 aromatic carbocycles. The molecule has 0 spiro atoms. The lowest BCUT2D eigenvalue weighted by Gasteiger charge is -2.13. The fraction of sp³-hybridized carbons (Fsp3) is 0.571. The van der Waals surface area contributed by atoms with Crippen molar-refractivity contribution in [2.45, 2.75) is 39.8 Å². The van der Waals surface area contributed by atoms with Gasteiger partial charge in [-0.25, -0.2) is 4.79 Å². The first-order valence-electron chi connectivity index (χ1n) is 7.21. The largest absolute Gasteiger partial charge is 0.383 e. The van der Waals surface area contributed by atoms with Crippen LogP contribution in [0.2, 0.25) is 0 Å². The average Bonchev–Trinajstić information content (AvgIpc) is 2.44. The zero-order valence-electron chi connectivity index (χ0n) is 13.4. The molecule has 0 fully saturated rings. The Bertz CT molecular complexity index is 685. The second-order valence-electron chi connectivity index (χ2n) is 5.16. The van der Waals surface area contributed by atoms with Crippen molar-refractivity contribution in [2.24, 2.45) is 0 Å². The molecule has 8 nitrogen and oxygen atoms in total. The van der Waals surface area contributed by atoms with E-state index in [4.69, 9.17) is 0 Å². The van der Waals surface area contributed by atoms with E-state index in [9.17, 15) is 19.7 Å². The Morgan fingerprint density at radius 2 is 1.68 bits per heavy atom. The molecular weight excluding hydrogens is 288 g/mol. The monoisotopic (exact) mass is 310 g/mol. The number of hydrogen-bond donors (Lipinski definition) is 0. The Balaban J connectivity index is 3.81. The van der Waals surface area contributed by atoms with Crippen molar-refractivity contribution >= 4 is 11.8 Å². The van der Waals surface area contributed by atoms with Crippen molar-refractivity contribution in [3.63, 3.8) is 0 Å². The molecule has 0 saturated heterocycles. The summed E-state index contributed by atoms with van der Waals surface area (Å²) < 4.78 is 2.25. The molecule has 0 aliphatic carbocycles. The first-order chi connectivity index (χ1) is 10.3. The zero-order chi connectivity index (χ0) is 16.9. The quantitative estimate of drug-likeness (QED) is 0.559. The van der Waals surface area contributed by atoms with Gasteiger partial charge >= 0.3 is 16.9 Å². The summed E-state index contributed by atoms with van der Waals surface area (Å²) in [6.45, 7) is 4.16. The van der Waals surface area contributed by atoms with E-state index in [1.165, 1.54) is 10.6 Å². The third kappa shape index (κ3) is 3.63. The Kier molecular flexibility index (Phi) is 6.09. The average molecular weight is 310 g/mol. The minimum Gasteiger partial charge on any atom is -0.383 e. The van der Waals surface area contributed by atoms with E-state index in [-0.39, 0.29) is 12.2 Å². The van der Waals surface area contributed by atoms with E-state index in [0.29, 0.717) is 19.4 Å². The maximum atomic E-state index is 12.5. The van der Waals surface area contributed by atoms with Crippen LogP contribution in [-0.2, 0) is 13.1 Å². The second-order valence-corrected chi connectivity index (χ2v) is 5.16. The topological polar surface area (TPSA) is 90.4 Å². The molecule has 1 aromatic heterocycles. The lowest BCUT2D eigenvalue weighted by atomic mass is 10.3. The van der Waals surface area contributed by atoms with Crippen molar-refractivity contribution in [2.75, 3.05) is 14.1 Å². The fourth-order valence-electron chi connectivity index (χ4n) is 2.12. The normalized spacial score (nSPS) is 11.1. The van der Waals surface area contributed by atoms with Gasteiger partial charge in [-0.3, -0.25) is 24.0 Å². The number of rotatable bonds is 7. The summed E-state index contributed by atoms with van der Waals surface area (Å²) in [5, 5.41) is 11.3. The van der Waals surface area contributed by atoms with Gasteiger partial charge in [0, 0.05) is 33.4 Å². The highest BCUT2D eigenvalue weighted by atomic mass is 16.6. The standard InChI is InChI=1S/C14H22N4O4/c1-5-8-16-11(7-10-15(3)4)12(18(21)22)13(19)17(9-6-2)14(16)20/h7,10H,5-6,8-9H2,1-4H3/b10-7+. The van der Waals surface area contributed by atoms with Crippen molar-refractivity contribution in [3.05, 3.63) is 42.8 Å². The molecule has 122 valence electrons. The van der Waals surface area contributed by atoms with Crippen LogP contribution in [-0.4, -0.2) is 33.1 Å². The summed E-state index contributed by atoms with van der Waals surface area (Å²) in [4.78, 5) is 37.1. The molecule has 0 radical (unpaired) electrons. The first-order valence-corrected chi connectivity index (χ1v) is 7.21. The summed E-state index contributed by atoms with van der Waals surface area (Å²) in [6, 6.07) is 0. The van der Waals surface area contributed by atoms with Crippen LogP contribution in [0.15, 0.2) is 15.8 Å². The van der Waals surface area contributed by atoms with Crippen LogP contribution in [0.25, 0.3) is 6.08 Å². The van der Waals surface area contributed by atoms with Gasteiger partial charge in [0.1, 0.15) is 5.69 Å². The maximum absolute atomic E-state index is 12.5. The van der Waals surface area contributed by atoms with Crippen LogP contribution in [0.1, 0.15) is 32.4 Å². The van der Waals surface area contributed by atoms with E-state index in [1.807, 2.05) is 13.8 Å². The van der Waals surface area contributed by atoms with E-state index < -0.39 is 21.9 Å². The molecule has 22 heavy (non-hydrogen) atoms. The van der Waals surface area contributed by atoms with Crippen LogP contribution < -0.4 is 11.2 Å². The van der Waals surface area contributed by atoms with Crippen LogP contribution >= 0.6 is 0 Å². The fourth-order valence-corrected chi connectivity index (χ4v) is 2.12. The lowest BCUT2D eigenvalue weighted by molar-refractivity contribution is -0.387. The van der Waals surface area contributed by atoms with Gasteiger partial charge < -0.3 is 4.90 Å². The van der Waals surface area contributed by atoms with Gasteiger partial charge in [0.25, 0.3) is 0 Å². The van der Waals surface area contributed by atoms with Gasteiger partial charge in [-0.15, -0.1) is 0 Å². The summed E-state index contributed by atoms with van der Waals surface area (Å²) >= 11 is 0. The third-order valence-electron chi connectivity index (χ3n) is 3.05. The van der Waals surface area contributed by atoms with Crippen LogP contribution in [0.4, 0.5) is 5.69 Å². The predicted octanol–water partition coefficient (Wildman–Crippen LogP) is 1.27. The molecule has 0 amide bonds. The highest BCUT2D eigenvalue weighted by Gasteiger charge is 2.25. The SMILES string of the molecule is CCCn1c(/C=C/N(C)C)c([N+](=O)[O-])c(=O)n(CCC)c1=O. The minimum absolute atomic E-state index is 0.0444. The summed E-state index contributed by atoms with van der Waals surface area (Å²) in [6.07, 6.45) is 4.19. The van der Waals surface area contributed by atoms with Gasteiger partial charge in [-0.1, -0.05) is 13.8 Å². The summed E-state index contributed by atoms with van der Waals surface area (Å²) in [5.41, 5.74) is -1.86. The van der Waals surface area contributed by atoms with Gasteiger partial charge in [-0.2, -0.15) is 0 Å². The first kappa shape index (κ1) is 17.7. The van der Waals surface area contributed by atoms with Gasteiger partial charge in [-0.05, 0) is 18.9 Å². The van der Waals surface area contributed by atoms with Gasteiger partial charge in [0.2, 0.25) is 0 Å². The number of nitro groups is 1. The minimum atomic E-state index is -0.845. The lowest BCUT2D eigenvalue weighted by Crippen LogP contribution is -2.42. The van der Waals surface area contributed by atoms with Crippen molar-refractivity contribution in [3.8, 4) is 0 Å². The molecule has 0 aliphatic rings. The van der Waals surface area contributed by atoms with Crippen LogP contribution in [0.5, 0.6) is 0 Å². The Hall–Kier alpha value is -2.38. The summed E-state index contributed by atoms with van der Waals surface area (Å²) in [5.74, 6) is 0. The molecule has 0 aliphatic heterocycles. The smallest absolute Gasteiger partial charge is 0.357 e. The highest BCUT2D eigenvalue weighted by Crippen LogP contribution is 2.14. The van der Waals surface area contributed by atoms with Crippen molar-refractivity contribution in [1.29, 1.82) is 0 Å². The highest BCUT2D eigenvalue weighted by molar-refractivity contribution is 5.56. The molecule has 0 atom stereocenters. The van der Waals surface area contributed by atoms with Crippen molar-refractivity contribution in [1.82, 2.24) is 14.0 Å². The second kappa shape index (κ2) is 7.58. The molecule has 8 heteroatoms. The van der Waals surface area contributed by atoms with Crippen LogP contribution in [0.3, 0.4) is 0 Å². The van der Waals surface area contributed by atoms with E-state index in [1.54, 1.807) is 25.2 Å². The number of aromatic nitrogens is 2. The maximum Gasteiger partial charge on any atom is 0.357 e. The molecule has 1 aromatic rings. The van der Waals surface area contributed by atoms with E-state index >= 15 is 0 Å². The van der Waals surface area contributed by atoms with Gasteiger partial charge in [0.15, 0.2) is 0 Å². The zero-order valence-corrected chi connectivity index (χ0v) is 13.4. The van der Waals surface area contributed by atoms with E-state index in [0.717, 1.165) is 4.57 Å². The van der Waals surface area contributed by atoms with Crippen molar-refractivity contribution < 1.29 is 4.92 Å².